The van der Waals surface area contributed by atoms with E-state index in [0.29, 0.717) is 12.8 Å². The highest BCUT2D eigenvalue weighted by atomic mass is 16.6. The summed E-state index contributed by atoms with van der Waals surface area (Å²) in [6, 6.07) is 0. The van der Waals surface area contributed by atoms with E-state index in [9.17, 15) is 4.79 Å². The fourth-order valence-electron chi connectivity index (χ4n) is 0.334. The van der Waals surface area contributed by atoms with Gasteiger partial charge in [-0.2, -0.15) is 0 Å². The van der Waals surface area contributed by atoms with Crippen molar-refractivity contribution in [3.05, 3.63) is 0 Å². The number of oxime groups is 1. The predicted octanol–water partition coefficient (Wildman–Crippen LogP) is -0.116. The van der Waals surface area contributed by atoms with E-state index in [2.05, 4.69) is 9.99 Å². The van der Waals surface area contributed by atoms with Crippen LogP contribution in [0, 0.1) is 0 Å². The molecule has 9 heavy (non-hydrogen) atoms. The Hall–Kier alpha value is -1.06. The SMILES string of the molecule is CON=CCCC(N)=O. The first-order valence-corrected chi connectivity index (χ1v) is 2.60. The van der Waals surface area contributed by atoms with Crippen molar-refractivity contribution in [1.29, 1.82) is 0 Å². The van der Waals surface area contributed by atoms with E-state index >= 15 is 0 Å². The maximum atomic E-state index is 10.1. The van der Waals surface area contributed by atoms with E-state index in [0.717, 1.165) is 0 Å². The molecule has 0 fully saturated rings. The van der Waals surface area contributed by atoms with Crippen molar-refractivity contribution in [1.82, 2.24) is 0 Å². The lowest BCUT2D eigenvalue weighted by Crippen LogP contribution is -2.09. The third-order valence-corrected chi connectivity index (χ3v) is 0.700. The Morgan fingerprint density at radius 1 is 1.89 bits per heavy atom. The van der Waals surface area contributed by atoms with Gasteiger partial charge in [-0.15, -0.1) is 0 Å². The van der Waals surface area contributed by atoms with Crippen LogP contribution in [0.15, 0.2) is 5.16 Å². The van der Waals surface area contributed by atoms with Crippen molar-refractivity contribution in [3.8, 4) is 0 Å². The molecule has 0 bridgehead atoms. The second-order valence-corrected chi connectivity index (χ2v) is 1.48. The number of primary amides is 1. The fourth-order valence-corrected chi connectivity index (χ4v) is 0.334. The maximum absolute atomic E-state index is 10.1. The van der Waals surface area contributed by atoms with E-state index in [1.807, 2.05) is 0 Å². The van der Waals surface area contributed by atoms with Crippen LogP contribution in [0.25, 0.3) is 0 Å². The highest BCUT2D eigenvalue weighted by molar-refractivity contribution is 5.76. The second kappa shape index (κ2) is 5.08. The molecule has 4 nitrogen and oxygen atoms in total. The van der Waals surface area contributed by atoms with Crippen molar-refractivity contribution in [3.63, 3.8) is 0 Å². The van der Waals surface area contributed by atoms with Gasteiger partial charge in [-0.05, 0) is 6.42 Å². The Balaban J connectivity index is 3.09. The van der Waals surface area contributed by atoms with Gasteiger partial charge in [0.2, 0.25) is 5.91 Å². The molecule has 0 aliphatic heterocycles. The molecule has 0 saturated heterocycles. The Morgan fingerprint density at radius 3 is 3.00 bits per heavy atom. The molecular weight excluding hydrogens is 120 g/mol. The minimum absolute atomic E-state index is 0.322. The quantitative estimate of drug-likeness (QED) is 0.426. The van der Waals surface area contributed by atoms with Crippen LogP contribution in [0.1, 0.15) is 12.8 Å². The molecule has 52 valence electrons. The number of hydrogen-bond donors (Lipinski definition) is 1. The molecule has 1 amide bonds. The first kappa shape index (κ1) is 7.94. The van der Waals surface area contributed by atoms with E-state index < -0.39 is 0 Å². The monoisotopic (exact) mass is 130 g/mol. The molecule has 0 aliphatic rings. The summed E-state index contributed by atoms with van der Waals surface area (Å²) in [5.41, 5.74) is 4.83. The molecule has 0 aromatic carbocycles. The number of nitrogens with zero attached hydrogens (tertiary/aromatic N) is 1. The van der Waals surface area contributed by atoms with Crippen molar-refractivity contribution < 1.29 is 9.63 Å². The zero-order valence-corrected chi connectivity index (χ0v) is 5.33. The van der Waals surface area contributed by atoms with Gasteiger partial charge in [0.1, 0.15) is 7.11 Å². The van der Waals surface area contributed by atoms with Crippen LogP contribution < -0.4 is 5.73 Å². The summed E-state index contributed by atoms with van der Waals surface area (Å²) in [5.74, 6) is -0.322. The molecule has 0 aliphatic carbocycles. The van der Waals surface area contributed by atoms with Gasteiger partial charge >= 0.3 is 0 Å². The van der Waals surface area contributed by atoms with Crippen molar-refractivity contribution >= 4 is 12.1 Å². The third-order valence-electron chi connectivity index (χ3n) is 0.700. The zero-order chi connectivity index (χ0) is 7.11. The summed E-state index contributed by atoms with van der Waals surface area (Å²) in [5, 5.41) is 3.41. The molecule has 0 aromatic rings. The lowest BCUT2D eigenvalue weighted by atomic mass is 10.3. The van der Waals surface area contributed by atoms with Gasteiger partial charge in [0.25, 0.3) is 0 Å². The Labute approximate surface area is 53.7 Å². The normalized spacial score (nSPS) is 9.89. The Morgan fingerprint density at radius 2 is 2.56 bits per heavy atom. The van der Waals surface area contributed by atoms with Crippen molar-refractivity contribution in [2.24, 2.45) is 10.9 Å². The predicted molar refractivity (Wildman–Crippen MR) is 33.9 cm³/mol. The smallest absolute Gasteiger partial charge is 0.217 e. The van der Waals surface area contributed by atoms with Crippen LogP contribution in [0.3, 0.4) is 0 Å². The van der Waals surface area contributed by atoms with Gasteiger partial charge in [-0.3, -0.25) is 4.79 Å². The molecule has 0 rings (SSSR count). The van der Waals surface area contributed by atoms with Crippen LogP contribution in [0.2, 0.25) is 0 Å². The first-order valence-electron chi connectivity index (χ1n) is 2.60. The summed E-state index contributed by atoms with van der Waals surface area (Å²) in [4.78, 5) is 14.4. The van der Waals surface area contributed by atoms with Gasteiger partial charge in [0.05, 0.1) is 0 Å². The molecule has 0 atom stereocenters. The summed E-state index contributed by atoms with van der Waals surface area (Å²) in [6.45, 7) is 0. The molecule has 2 N–H and O–H groups in total. The van der Waals surface area contributed by atoms with Gasteiger partial charge in [-0.25, -0.2) is 0 Å². The molecule has 0 spiro atoms. The van der Waals surface area contributed by atoms with Crippen LogP contribution in [0.5, 0.6) is 0 Å². The summed E-state index contributed by atoms with van der Waals surface area (Å²) < 4.78 is 0. The summed E-state index contributed by atoms with van der Waals surface area (Å²) in [7, 11) is 1.45. The Bertz CT molecular complexity index is 112. The minimum Gasteiger partial charge on any atom is -0.399 e. The summed E-state index contributed by atoms with van der Waals surface area (Å²) >= 11 is 0. The van der Waals surface area contributed by atoms with Gasteiger partial charge in [0, 0.05) is 12.6 Å². The molecule has 0 aromatic heterocycles. The highest BCUT2D eigenvalue weighted by Gasteiger charge is 1.88. The molecule has 0 saturated carbocycles. The van der Waals surface area contributed by atoms with Crippen LogP contribution in [0.4, 0.5) is 0 Å². The number of nitrogens with two attached hydrogens (primary N) is 1. The van der Waals surface area contributed by atoms with Crippen molar-refractivity contribution in [2.45, 2.75) is 12.8 Å². The lowest BCUT2D eigenvalue weighted by molar-refractivity contribution is -0.117. The van der Waals surface area contributed by atoms with Crippen LogP contribution in [-0.4, -0.2) is 19.2 Å². The summed E-state index contributed by atoms with van der Waals surface area (Å²) in [6.07, 6.45) is 2.38. The highest BCUT2D eigenvalue weighted by Crippen LogP contribution is 1.81. The van der Waals surface area contributed by atoms with Crippen molar-refractivity contribution in [2.75, 3.05) is 7.11 Å². The standard InChI is InChI=1S/C5H10N2O2/c1-9-7-4-2-3-5(6)8/h4H,2-3H2,1H3,(H2,6,8). The van der Waals surface area contributed by atoms with Crippen LogP contribution >= 0.6 is 0 Å². The first-order chi connectivity index (χ1) is 4.27. The van der Waals surface area contributed by atoms with Gasteiger partial charge in [-0.1, -0.05) is 5.16 Å². The number of rotatable bonds is 4. The fraction of sp³-hybridized carbons (Fsp3) is 0.600. The molecule has 0 unspecified atom stereocenters. The van der Waals surface area contributed by atoms with E-state index in [-0.39, 0.29) is 5.91 Å². The topological polar surface area (TPSA) is 64.7 Å². The Kier molecular flexibility index (Phi) is 4.49. The number of carbonyl (C=O) groups excluding carboxylic acids is 1. The van der Waals surface area contributed by atoms with Crippen LogP contribution in [-0.2, 0) is 9.63 Å². The molecule has 4 heteroatoms. The maximum Gasteiger partial charge on any atom is 0.217 e. The lowest BCUT2D eigenvalue weighted by Gasteiger charge is -1.86. The number of hydrogen-bond acceptors (Lipinski definition) is 3. The second-order valence-electron chi connectivity index (χ2n) is 1.48. The molecular formula is C5H10N2O2. The zero-order valence-electron chi connectivity index (χ0n) is 5.33. The average molecular weight is 130 g/mol. The number of carbonyl (C=O) groups is 1. The largest absolute Gasteiger partial charge is 0.399 e. The minimum atomic E-state index is -0.322. The average Bonchev–Trinajstić information content (AvgIpc) is 1.80. The van der Waals surface area contributed by atoms with E-state index in [1.54, 1.807) is 0 Å². The van der Waals surface area contributed by atoms with E-state index in [1.165, 1.54) is 13.3 Å². The number of amides is 1. The van der Waals surface area contributed by atoms with E-state index in [4.69, 9.17) is 5.73 Å². The third kappa shape index (κ3) is 6.94. The van der Waals surface area contributed by atoms with Gasteiger partial charge < -0.3 is 10.6 Å². The van der Waals surface area contributed by atoms with Gasteiger partial charge in [0.15, 0.2) is 0 Å². The molecule has 0 radical (unpaired) electrons. The molecule has 0 heterocycles.